The molecule has 1 aromatic rings. The molecule has 2 rings (SSSR count). The van der Waals surface area contributed by atoms with Gasteiger partial charge >= 0.3 is 5.97 Å². The molecule has 1 N–H and O–H groups in total. The third-order valence-electron chi connectivity index (χ3n) is 2.75. The lowest BCUT2D eigenvalue weighted by Gasteiger charge is -2.32. The van der Waals surface area contributed by atoms with Gasteiger partial charge in [0.2, 0.25) is 0 Å². The topological polar surface area (TPSA) is 70.5 Å². The molecule has 0 saturated carbocycles. The third kappa shape index (κ3) is 2.51. The quantitative estimate of drug-likeness (QED) is 0.857. The highest BCUT2D eigenvalue weighted by Gasteiger charge is 2.26. The van der Waals surface area contributed by atoms with Gasteiger partial charge in [-0.25, -0.2) is 9.78 Å². The molecule has 0 amide bonds. The summed E-state index contributed by atoms with van der Waals surface area (Å²) in [4.78, 5) is 28.9. The van der Waals surface area contributed by atoms with Crippen molar-refractivity contribution in [1.29, 1.82) is 0 Å². The normalized spacial score (nSPS) is 19.9. The zero-order valence-electron chi connectivity index (χ0n) is 10.2. The molecule has 98 valence electrons. The summed E-state index contributed by atoms with van der Waals surface area (Å²) in [5.41, 5.74) is -0.118. The lowest BCUT2D eigenvalue weighted by Crippen LogP contribution is -2.40. The zero-order chi connectivity index (χ0) is 13.3. The van der Waals surface area contributed by atoms with Gasteiger partial charge in [-0.05, 0) is 6.92 Å². The van der Waals surface area contributed by atoms with Crippen LogP contribution in [0.3, 0.4) is 0 Å². The lowest BCUT2D eigenvalue weighted by atomic mass is 10.3. The van der Waals surface area contributed by atoms with E-state index in [0.29, 0.717) is 11.2 Å². The first kappa shape index (κ1) is 13.4. The van der Waals surface area contributed by atoms with Crippen LogP contribution >= 0.6 is 23.1 Å². The number of aromatic carboxylic acids is 1. The van der Waals surface area contributed by atoms with Crippen molar-refractivity contribution in [3.63, 3.8) is 0 Å². The van der Waals surface area contributed by atoms with Crippen LogP contribution in [0.15, 0.2) is 0 Å². The highest BCUT2D eigenvalue weighted by Crippen LogP contribution is 2.30. The number of hydrogen-bond donors (Lipinski definition) is 1. The minimum Gasteiger partial charge on any atom is -0.476 e. The molecule has 1 aliphatic heterocycles. The first-order chi connectivity index (χ1) is 8.50. The van der Waals surface area contributed by atoms with Crippen molar-refractivity contribution >= 4 is 40.0 Å². The van der Waals surface area contributed by atoms with Gasteiger partial charge in [0, 0.05) is 31.0 Å². The molecule has 0 aromatic carbocycles. The number of nitrogens with zero attached hydrogens (tertiary/aromatic N) is 2. The Balaban J connectivity index is 2.36. The van der Waals surface area contributed by atoms with Gasteiger partial charge in [-0.2, -0.15) is 11.8 Å². The van der Waals surface area contributed by atoms with E-state index in [2.05, 4.69) is 16.8 Å². The fourth-order valence-electron chi connectivity index (χ4n) is 1.83. The molecule has 0 spiro atoms. The van der Waals surface area contributed by atoms with Gasteiger partial charge in [0.05, 0.1) is 0 Å². The van der Waals surface area contributed by atoms with Crippen LogP contribution in [0, 0.1) is 0 Å². The van der Waals surface area contributed by atoms with Crippen LogP contribution in [0.4, 0.5) is 5.13 Å². The van der Waals surface area contributed by atoms with Crippen molar-refractivity contribution in [2.75, 3.05) is 23.0 Å². The zero-order valence-corrected chi connectivity index (χ0v) is 11.8. The van der Waals surface area contributed by atoms with E-state index in [9.17, 15) is 9.59 Å². The Kier molecular flexibility index (Phi) is 3.91. The first-order valence-electron chi connectivity index (χ1n) is 5.60. The highest BCUT2D eigenvalue weighted by molar-refractivity contribution is 7.99. The number of carbonyl (C=O) groups excluding carboxylic acids is 1. The van der Waals surface area contributed by atoms with Gasteiger partial charge in [-0.15, -0.1) is 0 Å². The van der Waals surface area contributed by atoms with E-state index in [1.165, 1.54) is 18.3 Å². The number of carbonyl (C=O) groups is 2. The molecule has 0 radical (unpaired) electrons. The molecule has 0 aliphatic carbocycles. The number of thiazole rings is 1. The number of carboxylic acids is 1. The Hall–Kier alpha value is -1.08. The van der Waals surface area contributed by atoms with Crippen molar-refractivity contribution in [3.05, 3.63) is 10.6 Å². The van der Waals surface area contributed by atoms with Gasteiger partial charge in [0.15, 0.2) is 16.6 Å². The number of hydrogen-bond acceptors (Lipinski definition) is 6. The van der Waals surface area contributed by atoms with Gasteiger partial charge in [0.25, 0.3) is 0 Å². The van der Waals surface area contributed by atoms with E-state index in [1.54, 1.807) is 0 Å². The molecule has 18 heavy (non-hydrogen) atoms. The van der Waals surface area contributed by atoms with Crippen LogP contribution in [-0.4, -0.2) is 45.9 Å². The van der Waals surface area contributed by atoms with E-state index in [-0.39, 0.29) is 16.4 Å². The summed E-state index contributed by atoms with van der Waals surface area (Å²) in [5.74, 6) is 0.621. The van der Waals surface area contributed by atoms with Gasteiger partial charge < -0.3 is 10.0 Å². The largest absolute Gasteiger partial charge is 0.476 e. The van der Waals surface area contributed by atoms with Crippen LogP contribution in [0.2, 0.25) is 0 Å². The Bertz CT molecular complexity index is 455. The fourth-order valence-corrected chi connectivity index (χ4v) is 3.92. The predicted molar refractivity (Wildman–Crippen MR) is 73.2 cm³/mol. The SMILES string of the molecule is CC(=O)c1sc(N2CCSCC2C)nc1C(=O)O. The van der Waals surface area contributed by atoms with E-state index in [4.69, 9.17) is 5.11 Å². The predicted octanol–water partition coefficient (Wildman–Crippen LogP) is 1.99. The second kappa shape index (κ2) is 5.27. The van der Waals surface area contributed by atoms with Crippen LogP contribution in [0.5, 0.6) is 0 Å². The number of thioether (sulfide) groups is 1. The summed E-state index contributed by atoms with van der Waals surface area (Å²) in [6.07, 6.45) is 0. The number of aromatic nitrogens is 1. The number of anilines is 1. The smallest absolute Gasteiger partial charge is 0.356 e. The summed E-state index contributed by atoms with van der Waals surface area (Å²) < 4.78 is 0. The second-order valence-electron chi connectivity index (χ2n) is 4.15. The van der Waals surface area contributed by atoms with Crippen LogP contribution < -0.4 is 4.90 Å². The van der Waals surface area contributed by atoms with E-state index in [0.717, 1.165) is 18.1 Å². The number of carboxylic acid groups (broad SMARTS) is 1. The summed E-state index contributed by atoms with van der Waals surface area (Å²) in [7, 11) is 0. The van der Waals surface area contributed by atoms with Crippen molar-refractivity contribution in [2.45, 2.75) is 19.9 Å². The Morgan fingerprint density at radius 2 is 2.22 bits per heavy atom. The number of ketones is 1. The van der Waals surface area contributed by atoms with E-state index >= 15 is 0 Å². The van der Waals surface area contributed by atoms with Gasteiger partial charge in [-0.1, -0.05) is 11.3 Å². The maximum Gasteiger partial charge on any atom is 0.356 e. The van der Waals surface area contributed by atoms with Crippen LogP contribution in [-0.2, 0) is 0 Å². The molecule has 1 saturated heterocycles. The molecule has 7 heteroatoms. The Morgan fingerprint density at radius 1 is 1.50 bits per heavy atom. The molecule has 1 fully saturated rings. The minimum absolute atomic E-state index is 0.118. The number of rotatable bonds is 3. The lowest BCUT2D eigenvalue weighted by molar-refractivity contribution is 0.0687. The van der Waals surface area contributed by atoms with Gasteiger partial charge in [0.1, 0.15) is 4.88 Å². The second-order valence-corrected chi connectivity index (χ2v) is 6.28. The standard InChI is InChI=1S/C11H14N2O3S2/c1-6-5-17-4-3-13(6)11-12-8(10(15)16)9(18-11)7(2)14/h6H,3-5H2,1-2H3,(H,15,16). The molecular weight excluding hydrogens is 272 g/mol. The van der Waals surface area contributed by atoms with E-state index in [1.807, 2.05) is 11.8 Å². The van der Waals surface area contributed by atoms with Gasteiger partial charge in [-0.3, -0.25) is 4.79 Å². The maximum atomic E-state index is 11.4. The van der Waals surface area contributed by atoms with Crippen molar-refractivity contribution in [3.8, 4) is 0 Å². The summed E-state index contributed by atoms with van der Waals surface area (Å²) in [6, 6.07) is 0.316. The molecular formula is C11H14N2O3S2. The summed E-state index contributed by atoms with van der Waals surface area (Å²) in [5, 5.41) is 9.71. The molecule has 1 aromatic heterocycles. The minimum atomic E-state index is -1.14. The van der Waals surface area contributed by atoms with Crippen molar-refractivity contribution in [1.82, 2.24) is 4.98 Å². The molecule has 1 atom stereocenters. The molecule has 2 heterocycles. The average Bonchev–Trinajstić information content (AvgIpc) is 2.74. The third-order valence-corrected chi connectivity index (χ3v) is 5.13. The van der Waals surface area contributed by atoms with Crippen molar-refractivity contribution in [2.24, 2.45) is 0 Å². The molecule has 1 unspecified atom stereocenters. The van der Waals surface area contributed by atoms with Crippen LogP contribution in [0.1, 0.15) is 34.0 Å². The summed E-state index contributed by atoms with van der Waals surface area (Å²) >= 11 is 3.06. The van der Waals surface area contributed by atoms with E-state index < -0.39 is 5.97 Å². The summed E-state index contributed by atoms with van der Waals surface area (Å²) in [6.45, 7) is 4.30. The molecule has 5 nitrogen and oxygen atoms in total. The van der Waals surface area contributed by atoms with Crippen molar-refractivity contribution < 1.29 is 14.7 Å². The number of Topliss-reactive ketones (excluding diaryl/α,β-unsaturated/α-hetero) is 1. The Morgan fingerprint density at radius 3 is 2.72 bits per heavy atom. The highest BCUT2D eigenvalue weighted by atomic mass is 32.2. The fraction of sp³-hybridized carbons (Fsp3) is 0.545. The monoisotopic (exact) mass is 286 g/mol. The van der Waals surface area contributed by atoms with Crippen LogP contribution in [0.25, 0.3) is 0 Å². The molecule has 0 bridgehead atoms. The molecule has 1 aliphatic rings. The Labute approximate surface area is 113 Å². The maximum absolute atomic E-state index is 11.4. The first-order valence-corrected chi connectivity index (χ1v) is 7.57. The average molecular weight is 286 g/mol.